The summed E-state index contributed by atoms with van der Waals surface area (Å²) in [6.45, 7) is 6.49. The van der Waals surface area contributed by atoms with E-state index >= 15 is 0 Å². The molecule has 2 bridgehead atoms. The van der Waals surface area contributed by atoms with E-state index in [9.17, 15) is 0 Å². The Kier molecular flexibility index (Phi) is 3.45. The average molecular weight is 236 g/mol. The normalized spacial score (nSPS) is 43.4. The van der Waals surface area contributed by atoms with Crippen LogP contribution in [0, 0.1) is 11.8 Å². The van der Waals surface area contributed by atoms with Crippen LogP contribution >= 0.6 is 0 Å². The topological polar surface area (TPSA) is 6.48 Å². The SMILES string of the molecule is CCC[C@H]1[C@H]2C[C@@H](CN1C)C1CCCCN1C2. The Bertz CT molecular complexity index is 264. The van der Waals surface area contributed by atoms with Crippen molar-refractivity contribution >= 4 is 0 Å². The number of likely N-dealkylation sites (tertiary alicyclic amines) is 1. The Morgan fingerprint density at radius 2 is 2.00 bits per heavy atom. The summed E-state index contributed by atoms with van der Waals surface area (Å²) in [7, 11) is 2.37. The van der Waals surface area contributed by atoms with Gasteiger partial charge in [0.1, 0.15) is 0 Å². The highest BCUT2D eigenvalue weighted by molar-refractivity contribution is 4.98. The van der Waals surface area contributed by atoms with E-state index in [4.69, 9.17) is 0 Å². The molecule has 0 N–H and O–H groups in total. The van der Waals surface area contributed by atoms with Crippen LogP contribution in [0.2, 0.25) is 0 Å². The highest BCUT2D eigenvalue weighted by Gasteiger charge is 2.44. The predicted molar refractivity (Wildman–Crippen MR) is 72.1 cm³/mol. The van der Waals surface area contributed by atoms with Crippen LogP contribution in [0.4, 0.5) is 0 Å². The fourth-order valence-corrected chi connectivity index (χ4v) is 4.79. The lowest BCUT2D eigenvalue weighted by molar-refractivity contribution is -0.0546. The maximum atomic E-state index is 2.85. The van der Waals surface area contributed by atoms with Gasteiger partial charge in [0.2, 0.25) is 0 Å². The third-order valence-electron chi connectivity index (χ3n) is 5.50. The minimum Gasteiger partial charge on any atom is -0.303 e. The molecule has 0 radical (unpaired) electrons. The van der Waals surface area contributed by atoms with E-state index in [1.807, 2.05) is 0 Å². The van der Waals surface area contributed by atoms with E-state index in [-0.39, 0.29) is 0 Å². The van der Waals surface area contributed by atoms with E-state index in [1.54, 1.807) is 0 Å². The Hall–Kier alpha value is -0.0800. The van der Waals surface area contributed by atoms with Crippen LogP contribution in [0.25, 0.3) is 0 Å². The van der Waals surface area contributed by atoms with Crippen molar-refractivity contribution in [2.75, 3.05) is 26.7 Å². The average Bonchev–Trinajstić information content (AvgIpc) is 2.34. The molecule has 0 spiro atoms. The first-order valence-corrected chi connectivity index (χ1v) is 7.74. The number of hydrogen-bond donors (Lipinski definition) is 0. The molecule has 17 heavy (non-hydrogen) atoms. The highest BCUT2D eigenvalue weighted by atomic mass is 15.2. The molecule has 0 aliphatic carbocycles. The van der Waals surface area contributed by atoms with Crippen molar-refractivity contribution in [3.63, 3.8) is 0 Å². The molecule has 0 aromatic carbocycles. The van der Waals surface area contributed by atoms with Crippen LogP contribution in [-0.2, 0) is 0 Å². The van der Waals surface area contributed by atoms with Crippen LogP contribution < -0.4 is 0 Å². The summed E-state index contributed by atoms with van der Waals surface area (Å²) in [5, 5.41) is 0. The summed E-state index contributed by atoms with van der Waals surface area (Å²) in [5.74, 6) is 1.94. The molecule has 98 valence electrons. The molecule has 3 saturated heterocycles. The lowest BCUT2D eigenvalue weighted by Gasteiger charge is -2.55. The molecule has 3 rings (SSSR count). The molecule has 3 aliphatic rings. The smallest absolute Gasteiger partial charge is 0.0136 e. The van der Waals surface area contributed by atoms with Crippen LogP contribution in [0.15, 0.2) is 0 Å². The van der Waals surface area contributed by atoms with Crippen molar-refractivity contribution in [1.29, 1.82) is 0 Å². The monoisotopic (exact) mass is 236 g/mol. The molecule has 0 saturated carbocycles. The van der Waals surface area contributed by atoms with E-state index in [2.05, 4.69) is 23.8 Å². The second kappa shape index (κ2) is 4.89. The summed E-state index contributed by atoms with van der Waals surface area (Å²) >= 11 is 0. The van der Waals surface area contributed by atoms with Gasteiger partial charge in [0.05, 0.1) is 0 Å². The van der Waals surface area contributed by atoms with Gasteiger partial charge in [-0.1, -0.05) is 19.8 Å². The quantitative estimate of drug-likeness (QED) is 0.727. The molecule has 3 fully saturated rings. The molecular formula is C15H28N2. The van der Waals surface area contributed by atoms with Crippen molar-refractivity contribution < 1.29 is 0 Å². The fourth-order valence-electron chi connectivity index (χ4n) is 4.79. The summed E-state index contributed by atoms with van der Waals surface area (Å²) in [4.78, 5) is 5.53. The van der Waals surface area contributed by atoms with Crippen LogP contribution in [0.3, 0.4) is 0 Å². The van der Waals surface area contributed by atoms with Gasteiger partial charge in [-0.25, -0.2) is 0 Å². The first-order chi connectivity index (χ1) is 8.29. The molecule has 0 aromatic heterocycles. The molecular weight excluding hydrogens is 208 g/mol. The van der Waals surface area contributed by atoms with Crippen LogP contribution in [-0.4, -0.2) is 48.6 Å². The molecule has 3 heterocycles. The number of fused-ring (bicyclic) bond motifs is 4. The van der Waals surface area contributed by atoms with Crippen LogP contribution in [0.1, 0.15) is 45.4 Å². The Labute approximate surface area is 106 Å². The Morgan fingerprint density at radius 1 is 1.12 bits per heavy atom. The van der Waals surface area contributed by atoms with Crippen molar-refractivity contribution in [1.82, 2.24) is 9.80 Å². The number of rotatable bonds is 2. The molecule has 3 aliphatic heterocycles. The molecule has 0 amide bonds. The predicted octanol–water partition coefficient (Wildman–Crippen LogP) is 2.59. The third-order valence-corrected chi connectivity index (χ3v) is 5.50. The summed E-state index contributed by atoms with van der Waals surface area (Å²) in [6.07, 6.45) is 8.68. The van der Waals surface area contributed by atoms with Gasteiger partial charge in [0.25, 0.3) is 0 Å². The fraction of sp³-hybridized carbons (Fsp3) is 1.00. The zero-order chi connectivity index (χ0) is 11.8. The van der Waals surface area contributed by atoms with Gasteiger partial charge in [0, 0.05) is 25.2 Å². The first-order valence-electron chi connectivity index (χ1n) is 7.74. The number of piperidine rings is 3. The minimum atomic E-state index is 0.874. The number of nitrogens with zero attached hydrogens (tertiary/aromatic N) is 2. The molecule has 4 atom stereocenters. The minimum absolute atomic E-state index is 0.874. The van der Waals surface area contributed by atoms with Crippen LogP contribution in [0.5, 0.6) is 0 Å². The van der Waals surface area contributed by atoms with Gasteiger partial charge in [-0.05, 0) is 51.1 Å². The summed E-state index contributed by atoms with van der Waals surface area (Å²) < 4.78 is 0. The van der Waals surface area contributed by atoms with Crippen molar-refractivity contribution in [3.8, 4) is 0 Å². The molecule has 2 heteroatoms. The zero-order valence-corrected chi connectivity index (χ0v) is 11.6. The lowest BCUT2D eigenvalue weighted by atomic mass is 9.72. The summed E-state index contributed by atoms with van der Waals surface area (Å²) in [5.41, 5.74) is 0. The zero-order valence-electron chi connectivity index (χ0n) is 11.6. The largest absolute Gasteiger partial charge is 0.303 e. The van der Waals surface area contributed by atoms with Gasteiger partial charge in [-0.2, -0.15) is 0 Å². The Morgan fingerprint density at radius 3 is 2.82 bits per heavy atom. The van der Waals surface area contributed by atoms with Crippen molar-refractivity contribution in [2.24, 2.45) is 11.8 Å². The van der Waals surface area contributed by atoms with Gasteiger partial charge in [-0.3, -0.25) is 4.90 Å². The van der Waals surface area contributed by atoms with Crippen molar-refractivity contribution in [3.05, 3.63) is 0 Å². The van der Waals surface area contributed by atoms with Gasteiger partial charge < -0.3 is 4.90 Å². The second-order valence-corrected chi connectivity index (χ2v) is 6.61. The van der Waals surface area contributed by atoms with E-state index in [0.717, 1.165) is 23.9 Å². The first kappa shape index (κ1) is 12.0. The molecule has 0 aromatic rings. The van der Waals surface area contributed by atoms with Gasteiger partial charge >= 0.3 is 0 Å². The number of hydrogen-bond acceptors (Lipinski definition) is 2. The lowest BCUT2D eigenvalue weighted by Crippen LogP contribution is -2.61. The molecule has 1 unspecified atom stereocenters. The van der Waals surface area contributed by atoms with E-state index < -0.39 is 0 Å². The highest BCUT2D eigenvalue weighted by Crippen LogP contribution is 2.40. The van der Waals surface area contributed by atoms with E-state index in [0.29, 0.717) is 0 Å². The maximum Gasteiger partial charge on any atom is 0.0136 e. The molecule has 2 nitrogen and oxygen atoms in total. The van der Waals surface area contributed by atoms with Gasteiger partial charge in [-0.15, -0.1) is 0 Å². The van der Waals surface area contributed by atoms with Gasteiger partial charge in [0.15, 0.2) is 0 Å². The van der Waals surface area contributed by atoms with Crippen molar-refractivity contribution in [2.45, 2.75) is 57.5 Å². The standard InChI is InChI=1S/C15H28N2/c1-3-6-14-13-9-12(10-16(14)2)15-7-4-5-8-17(15)11-13/h12-15H,3-11H2,1-2H3/t12-,13-,14-,15?/m0/s1. The summed E-state index contributed by atoms with van der Waals surface area (Å²) in [6, 6.07) is 1.81. The second-order valence-electron chi connectivity index (χ2n) is 6.61. The third kappa shape index (κ3) is 2.15. The van der Waals surface area contributed by atoms with E-state index in [1.165, 1.54) is 58.2 Å². The Balaban J connectivity index is 1.74. The maximum absolute atomic E-state index is 2.85.